The van der Waals surface area contributed by atoms with Crippen LogP contribution in [-0.2, 0) is 7.05 Å². The van der Waals surface area contributed by atoms with Crippen molar-refractivity contribution in [1.82, 2.24) is 9.78 Å². The van der Waals surface area contributed by atoms with E-state index in [4.69, 9.17) is 5.73 Å². The van der Waals surface area contributed by atoms with Crippen molar-refractivity contribution in [3.63, 3.8) is 0 Å². The second kappa shape index (κ2) is 3.39. The van der Waals surface area contributed by atoms with Gasteiger partial charge in [-0.15, -0.1) is 0 Å². The summed E-state index contributed by atoms with van der Waals surface area (Å²) in [6, 6.07) is 1.97. The van der Waals surface area contributed by atoms with E-state index in [1.54, 1.807) is 4.68 Å². The van der Waals surface area contributed by atoms with E-state index in [0.717, 1.165) is 12.4 Å². The molecule has 1 rings (SSSR count). The Morgan fingerprint density at radius 3 is 2.91 bits per heavy atom. The first-order chi connectivity index (χ1) is 5.24. The van der Waals surface area contributed by atoms with Gasteiger partial charge in [-0.3, -0.25) is 4.68 Å². The Kier molecular flexibility index (Phi) is 2.48. The van der Waals surface area contributed by atoms with Gasteiger partial charge in [-0.05, 0) is 0 Å². The minimum atomic E-state index is 0.660. The van der Waals surface area contributed by atoms with Gasteiger partial charge in [-0.25, -0.2) is 0 Å². The first-order valence-corrected chi connectivity index (χ1v) is 3.65. The van der Waals surface area contributed by atoms with Gasteiger partial charge in [0.25, 0.3) is 0 Å². The summed E-state index contributed by atoms with van der Waals surface area (Å²) < 4.78 is 1.78. The van der Waals surface area contributed by atoms with Crippen molar-refractivity contribution >= 4 is 5.82 Å². The van der Waals surface area contributed by atoms with Crippen LogP contribution in [0.25, 0.3) is 0 Å². The van der Waals surface area contributed by atoms with Crippen LogP contribution >= 0.6 is 0 Å². The number of rotatable bonds is 3. The summed E-state index contributed by atoms with van der Waals surface area (Å²) in [5.41, 5.74) is 5.40. The molecule has 11 heavy (non-hydrogen) atoms. The van der Waals surface area contributed by atoms with Gasteiger partial charge in [0.15, 0.2) is 0 Å². The molecule has 0 radical (unpaired) electrons. The van der Waals surface area contributed by atoms with Crippen LogP contribution in [0.4, 0.5) is 5.82 Å². The summed E-state index contributed by atoms with van der Waals surface area (Å²) in [6.07, 6.45) is 1.92. The summed E-state index contributed by atoms with van der Waals surface area (Å²) in [5, 5.41) is 4.22. The topological polar surface area (TPSA) is 47.1 Å². The van der Waals surface area contributed by atoms with Gasteiger partial charge in [0, 0.05) is 39.4 Å². The van der Waals surface area contributed by atoms with E-state index >= 15 is 0 Å². The molecule has 4 heteroatoms. The third-order valence-corrected chi connectivity index (χ3v) is 1.56. The molecule has 4 nitrogen and oxygen atoms in total. The third kappa shape index (κ3) is 1.94. The summed E-state index contributed by atoms with van der Waals surface area (Å²) in [4.78, 5) is 2.03. The number of hydrogen-bond donors (Lipinski definition) is 1. The van der Waals surface area contributed by atoms with Crippen LogP contribution in [0.3, 0.4) is 0 Å². The van der Waals surface area contributed by atoms with Crippen molar-refractivity contribution in [2.24, 2.45) is 12.8 Å². The van der Waals surface area contributed by atoms with Crippen molar-refractivity contribution in [3.8, 4) is 0 Å². The highest BCUT2D eigenvalue weighted by Gasteiger charge is 2.00. The lowest BCUT2D eigenvalue weighted by atomic mass is 10.5. The zero-order valence-corrected chi connectivity index (χ0v) is 6.99. The van der Waals surface area contributed by atoms with E-state index in [9.17, 15) is 0 Å². The lowest BCUT2D eigenvalue weighted by molar-refractivity contribution is 0.751. The molecule has 0 atom stereocenters. The third-order valence-electron chi connectivity index (χ3n) is 1.56. The molecule has 0 unspecified atom stereocenters. The van der Waals surface area contributed by atoms with Gasteiger partial charge >= 0.3 is 0 Å². The molecule has 0 spiro atoms. The molecule has 62 valence electrons. The normalized spacial score (nSPS) is 10.1. The van der Waals surface area contributed by atoms with Gasteiger partial charge < -0.3 is 10.6 Å². The number of hydrogen-bond acceptors (Lipinski definition) is 3. The molecule has 1 aromatic rings. The number of aryl methyl sites for hydroxylation is 1. The van der Waals surface area contributed by atoms with Gasteiger partial charge in [0.2, 0.25) is 0 Å². The predicted octanol–water partition coefficient (Wildman–Crippen LogP) is -0.185. The molecule has 0 aromatic carbocycles. The molecule has 0 aliphatic heterocycles. The molecule has 0 saturated heterocycles. The summed E-state index contributed by atoms with van der Waals surface area (Å²) in [7, 11) is 3.88. The maximum absolute atomic E-state index is 5.40. The zero-order chi connectivity index (χ0) is 8.27. The molecule has 0 aliphatic rings. The van der Waals surface area contributed by atoms with Crippen LogP contribution in [0.5, 0.6) is 0 Å². The monoisotopic (exact) mass is 154 g/mol. The summed E-state index contributed by atoms with van der Waals surface area (Å²) in [6.45, 7) is 1.50. The van der Waals surface area contributed by atoms with Gasteiger partial charge in [-0.1, -0.05) is 0 Å². The van der Waals surface area contributed by atoms with E-state index in [2.05, 4.69) is 5.10 Å². The van der Waals surface area contributed by atoms with E-state index in [-0.39, 0.29) is 0 Å². The first-order valence-electron chi connectivity index (χ1n) is 3.65. The molecule has 1 aromatic heterocycles. The molecule has 2 N–H and O–H groups in total. The average molecular weight is 154 g/mol. The van der Waals surface area contributed by atoms with Gasteiger partial charge in [0.1, 0.15) is 5.82 Å². The highest BCUT2D eigenvalue weighted by atomic mass is 15.3. The van der Waals surface area contributed by atoms with E-state index < -0.39 is 0 Å². The Morgan fingerprint density at radius 1 is 1.73 bits per heavy atom. The van der Waals surface area contributed by atoms with E-state index in [1.165, 1.54) is 0 Å². The molecule has 0 bridgehead atoms. The molecule has 1 heterocycles. The minimum Gasteiger partial charge on any atom is -0.357 e. The Hall–Kier alpha value is -1.03. The minimum absolute atomic E-state index is 0.660. The van der Waals surface area contributed by atoms with Crippen LogP contribution in [0.15, 0.2) is 12.3 Å². The highest BCUT2D eigenvalue weighted by Crippen LogP contribution is 2.05. The lowest BCUT2D eigenvalue weighted by Gasteiger charge is -2.13. The quantitative estimate of drug-likeness (QED) is 0.656. The lowest BCUT2D eigenvalue weighted by Crippen LogP contribution is -2.25. The van der Waals surface area contributed by atoms with E-state index in [0.29, 0.717) is 6.54 Å². The zero-order valence-electron chi connectivity index (χ0n) is 6.99. The molecule has 0 aliphatic carbocycles. The fourth-order valence-corrected chi connectivity index (χ4v) is 0.915. The molecular formula is C7H14N4. The second-order valence-corrected chi connectivity index (χ2v) is 2.56. The Labute approximate surface area is 66.6 Å². The van der Waals surface area contributed by atoms with Gasteiger partial charge in [0.05, 0.1) is 0 Å². The smallest absolute Gasteiger partial charge is 0.150 e. The average Bonchev–Trinajstić information content (AvgIpc) is 2.36. The molecule has 0 saturated carbocycles. The van der Waals surface area contributed by atoms with Crippen LogP contribution < -0.4 is 10.6 Å². The van der Waals surface area contributed by atoms with Crippen molar-refractivity contribution in [1.29, 1.82) is 0 Å². The second-order valence-electron chi connectivity index (χ2n) is 2.56. The molecule has 0 amide bonds. The highest BCUT2D eigenvalue weighted by molar-refractivity contribution is 5.35. The largest absolute Gasteiger partial charge is 0.357 e. The van der Waals surface area contributed by atoms with Crippen LogP contribution in [-0.4, -0.2) is 29.9 Å². The Morgan fingerprint density at radius 2 is 2.45 bits per heavy atom. The number of nitrogens with zero attached hydrogens (tertiary/aromatic N) is 3. The predicted molar refractivity (Wildman–Crippen MR) is 45.5 cm³/mol. The maximum atomic E-state index is 5.40. The number of likely N-dealkylation sites (N-methyl/N-ethyl adjacent to an activating group) is 1. The maximum Gasteiger partial charge on any atom is 0.150 e. The number of aromatic nitrogens is 2. The molecule has 0 fully saturated rings. The summed E-state index contributed by atoms with van der Waals surface area (Å²) >= 11 is 0. The van der Waals surface area contributed by atoms with Crippen molar-refractivity contribution in [3.05, 3.63) is 12.3 Å². The van der Waals surface area contributed by atoms with Crippen LogP contribution in [0.2, 0.25) is 0 Å². The standard InChI is InChI=1S/C7H14N4/c1-10(6-4-8)7-3-5-11(2)9-7/h3,5H,4,6,8H2,1-2H3. The fourth-order valence-electron chi connectivity index (χ4n) is 0.915. The molecular weight excluding hydrogens is 140 g/mol. The number of nitrogens with two attached hydrogens (primary N) is 1. The van der Waals surface area contributed by atoms with Crippen molar-refractivity contribution < 1.29 is 0 Å². The number of anilines is 1. The SMILES string of the molecule is CN(CCN)c1ccn(C)n1. The van der Waals surface area contributed by atoms with Crippen molar-refractivity contribution in [2.75, 3.05) is 25.0 Å². The van der Waals surface area contributed by atoms with Crippen molar-refractivity contribution in [2.45, 2.75) is 0 Å². The summed E-state index contributed by atoms with van der Waals surface area (Å²) in [5.74, 6) is 0.970. The first kappa shape index (κ1) is 8.07. The van der Waals surface area contributed by atoms with E-state index in [1.807, 2.05) is 31.3 Å². The Balaban J connectivity index is 2.60. The van der Waals surface area contributed by atoms with Gasteiger partial charge in [-0.2, -0.15) is 5.10 Å². The fraction of sp³-hybridized carbons (Fsp3) is 0.571. The van der Waals surface area contributed by atoms with Crippen LogP contribution in [0.1, 0.15) is 0 Å². The Bertz CT molecular complexity index is 218. The van der Waals surface area contributed by atoms with Crippen LogP contribution in [0, 0.1) is 0 Å².